The van der Waals surface area contributed by atoms with Crippen LogP contribution in [0, 0.1) is 93.8 Å². The van der Waals surface area contributed by atoms with Gasteiger partial charge in [-0.1, -0.05) is 60.7 Å². The number of phenolic OH excluding ortho intramolecular Hbond substituents is 5. The average Bonchev–Trinajstić information content (AvgIpc) is 1.66. The Kier molecular flexibility index (Phi) is 50.6. The van der Waals surface area contributed by atoms with E-state index in [4.69, 9.17) is 129 Å². The van der Waals surface area contributed by atoms with Crippen LogP contribution in [0.5, 0.6) is 28.7 Å². The Morgan fingerprint density at radius 2 is 0.684 bits per heavy atom. The van der Waals surface area contributed by atoms with Crippen molar-refractivity contribution in [2.24, 2.45) is 84.1 Å². The van der Waals surface area contributed by atoms with E-state index in [1.165, 1.54) is 70.6 Å². The summed E-state index contributed by atoms with van der Waals surface area (Å²) in [6.45, 7) is 18.1. The third-order valence-corrected chi connectivity index (χ3v) is 24.2. The van der Waals surface area contributed by atoms with Crippen LogP contribution in [-0.4, -0.2) is 163 Å². The van der Waals surface area contributed by atoms with Gasteiger partial charge in [0.2, 0.25) is 0 Å². The summed E-state index contributed by atoms with van der Waals surface area (Å²) >= 11 is -4.13. The van der Waals surface area contributed by atoms with Gasteiger partial charge in [-0.2, -0.15) is 0 Å². The van der Waals surface area contributed by atoms with Crippen molar-refractivity contribution in [3.05, 3.63) is 147 Å². The number of aromatic hydroxyl groups is 5. The molecule has 624 valence electrons. The molecule has 5 aromatic carbocycles. The van der Waals surface area contributed by atoms with Crippen LogP contribution >= 0.6 is 85.1 Å². The zero-order valence-corrected chi connectivity index (χ0v) is 87.0. The number of benzene rings is 5. The van der Waals surface area contributed by atoms with E-state index in [1.54, 1.807) is 0 Å². The molecule has 0 saturated heterocycles. The van der Waals surface area contributed by atoms with Crippen molar-refractivity contribution in [1.82, 2.24) is 4.90 Å². The number of rotatable bonds is 18. The Bertz CT molecular complexity index is 3800. The van der Waals surface area contributed by atoms with Crippen molar-refractivity contribution in [1.29, 1.82) is 0 Å². The Hall–Kier alpha value is 0.566. The zero-order valence-electron chi connectivity index (χ0n) is 67.2. The summed E-state index contributed by atoms with van der Waals surface area (Å²) in [7, 11) is 55.5. The molecule has 0 heterocycles. The molecule has 0 spiro atoms. The number of nitrogens with zero attached hydrogens (tertiary/aromatic N) is 6. The number of hydrogen-bond donors (Lipinski definition) is 5. The molecular formula is C84H114Cl10N6O9Zr5. The molecular weight excluding hydrogens is 2050 g/mol. The summed E-state index contributed by atoms with van der Waals surface area (Å²) in [6.07, 6.45) is 29.4. The molecule has 30 heteroatoms. The molecule has 20 unspecified atom stereocenters. The number of aliphatic imine (C=N–C) groups is 5. The standard InChI is InChI=1S/C17H24N2O.3C17H23NO2.C16H21NO2.10ClH.5Zr/c1-11-5-4-6-14(17(11)20)10-18-15-12-7-8-13(9-12)16(15)19(2)3;1-3-20-16-9-12-7-14(16)15(8-12)18-10-13-6-4-5-11(2)17(13)19;1-3-20-16-9-13-7-14(16)8-15(13)18-10-12-6-4-5-11(2)17(12)19;1-3-20-17-13-8-7-12(9-13)15(17)18-10-14-6-4-5-11(2)16(14)19;1-10-4-3-5-11(16(10)18)9-17-14-7-13-6-12(14)8-15(13)19-2;;;;;;;;;;;;;;;/h4-6,10,12-13,15-16,20H,7-9H2,1-3H3;4-6,10,12,14-16,19H,3,7-9H2,1-2H3;4-6,10,13-16,19H,3,7-9H2,1-2H3;4-6,10,12-13,15,17,19H,3,7-9H2,1-2H3;3-5,9,12-15,18H,6-8H2,1-2H3;10*1H;;;;;/q;;;;;;;;;;;;;;;5*+2/p-10. The quantitative estimate of drug-likeness (QED) is 0.0525. The van der Waals surface area contributed by atoms with Crippen LogP contribution in [-0.2, 0) is 123 Å². The minimum atomic E-state index is -0.826. The molecule has 0 radical (unpaired) electrons. The number of para-hydroxylation sites is 5. The first-order valence-corrected chi connectivity index (χ1v) is 71.0. The van der Waals surface area contributed by atoms with Crippen molar-refractivity contribution in [2.75, 3.05) is 41.0 Å². The van der Waals surface area contributed by atoms with Gasteiger partial charge in [0, 0.05) is 97.8 Å². The molecule has 10 aliphatic rings. The van der Waals surface area contributed by atoms with Crippen molar-refractivity contribution in [3.8, 4) is 28.7 Å². The van der Waals surface area contributed by atoms with Gasteiger partial charge in [-0.25, -0.2) is 0 Å². The average molecular weight is 2160 g/mol. The van der Waals surface area contributed by atoms with Crippen LogP contribution in [0.2, 0.25) is 0 Å². The van der Waals surface area contributed by atoms with Crippen LogP contribution in [0.25, 0.3) is 0 Å². The molecule has 114 heavy (non-hydrogen) atoms. The molecule has 0 aromatic heterocycles. The van der Waals surface area contributed by atoms with Gasteiger partial charge in [0.15, 0.2) is 0 Å². The summed E-state index contributed by atoms with van der Waals surface area (Å²) in [5.41, 5.74) is 8.62. The topological polar surface area (TPSA) is 203 Å². The number of methoxy groups -OCH3 is 1. The molecule has 0 amide bonds. The SMILES string of the molecule is CCOC1C2CCC(C2)C1N=Cc1cccc(C)c1O.CCOC1CC2CC(N=Cc3cccc(C)c3O)C1C2.CCOC1CC2CC1CC2N=Cc1cccc(C)c1O.COC1CC2CC1CC2N=Cc1cccc(C)c1O.Cc1cccc(C=NC2C3CCC(C3)C2N(C)C)c1O.[Cl][Zr][Cl].[Cl][Zr][Cl].[Cl][Zr][Cl].[Cl][Zr][Cl].[Cl][Zr][Cl]. The number of halogens is 10. The molecule has 15 rings (SSSR count). The molecule has 10 bridgehead atoms. The molecule has 0 aliphatic heterocycles. The molecule has 15 nitrogen and oxygen atoms in total. The van der Waals surface area contributed by atoms with E-state index in [0.717, 1.165) is 119 Å². The fraction of sp³-hybridized carbons (Fsp3) is 0.583. The second-order valence-electron chi connectivity index (χ2n) is 31.0. The molecule has 20 atom stereocenters. The van der Waals surface area contributed by atoms with Crippen LogP contribution in [0.4, 0.5) is 0 Å². The van der Waals surface area contributed by atoms with Crippen LogP contribution in [0.1, 0.15) is 173 Å². The first-order valence-electron chi connectivity index (χ1n) is 39.4. The van der Waals surface area contributed by atoms with E-state index < -0.39 is 104 Å². The predicted molar refractivity (Wildman–Crippen MR) is 458 cm³/mol. The second kappa shape index (κ2) is 55.8. The summed E-state index contributed by atoms with van der Waals surface area (Å²) < 4.78 is 23.0. The molecule has 10 saturated carbocycles. The van der Waals surface area contributed by atoms with Gasteiger partial charge in [-0.3, -0.25) is 25.0 Å². The van der Waals surface area contributed by atoms with Crippen LogP contribution < -0.4 is 0 Å². The zero-order chi connectivity index (χ0) is 83.6. The van der Waals surface area contributed by atoms with Gasteiger partial charge in [0.1, 0.15) is 28.7 Å². The third-order valence-electron chi connectivity index (χ3n) is 24.2. The third kappa shape index (κ3) is 31.0. The van der Waals surface area contributed by atoms with Crippen molar-refractivity contribution >= 4 is 116 Å². The maximum atomic E-state index is 10.1. The van der Waals surface area contributed by atoms with Crippen molar-refractivity contribution in [2.45, 2.75) is 212 Å². The Labute approximate surface area is 772 Å². The number of likely N-dealkylation sites (N-methyl/N-ethyl adjacent to an activating group) is 1. The van der Waals surface area contributed by atoms with E-state index in [-0.39, 0.29) is 12.1 Å². The number of fused-ring (bicyclic) bond motifs is 10. The van der Waals surface area contributed by atoms with E-state index in [9.17, 15) is 25.5 Å². The number of phenols is 5. The van der Waals surface area contributed by atoms with Gasteiger partial charge in [-0.15, -0.1) is 0 Å². The number of ether oxygens (including phenoxy) is 4. The van der Waals surface area contributed by atoms with E-state index in [0.29, 0.717) is 119 Å². The molecule has 5 N–H and O–H groups in total. The first-order chi connectivity index (χ1) is 54.9. The van der Waals surface area contributed by atoms with E-state index in [2.05, 4.69) is 39.8 Å². The first kappa shape index (κ1) is 103. The maximum absolute atomic E-state index is 10.1. The second-order valence-corrected chi connectivity index (χ2v) is 49.6. The van der Waals surface area contributed by atoms with Gasteiger partial charge in [-0.05, 0) is 277 Å². The Morgan fingerprint density at radius 1 is 0.360 bits per heavy atom. The van der Waals surface area contributed by atoms with Gasteiger partial charge < -0.3 is 49.4 Å². The fourth-order valence-electron chi connectivity index (χ4n) is 19.1. The van der Waals surface area contributed by atoms with Gasteiger partial charge in [0.25, 0.3) is 0 Å². The summed E-state index contributed by atoms with van der Waals surface area (Å²) in [6, 6.07) is 31.4. The summed E-state index contributed by atoms with van der Waals surface area (Å²) in [4.78, 5) is 26.1. The summed E-state index contributed by atoms with van der Waals surface area (Å²) in [5, 5.41) is 50.1. The Balaban J connectivity index is 0.000000212. The van der Waals surface area contributed by atoms with Gasteiger partial charge >= 0.3 is 189 Å². The minimum absolute atomic E-state index is 0.272. The molecule has 5 aromatic rings. The number of hydrogen-bond acceptors (Lipinski definition) is 15. The summed E-state index contributed by atoms with van der Waals surface area (Å²) in [5.74, 6) is 8.71. The molecule has 10 aliphatic carbocycles. The van der Waals surface area contributed by atoms with Crippen LogP contribution in [0.3, 0.4) is 0 Å². The monoisotopic (exact) mass is 2150 g/mol. The van der Waals surface area contributed by atoms with E-state index >= 15 is 0 Å². The van der Waals surface area contributed by atoms with Crippen molar-refractivity contribution < 1.29 is 149 Å². The predicted octanol–water partition coefficient (Wildman–Crippen LogP) is 22.6. The molecule has 10 fully saturated rings. The van der Waals surface area contributed by atoms with Crippen LogP contribution in [0.15, 0.2) is 116 Å². The number of aryl methyl sites for hydroxylation is 5. The van der Waals surface area contributed by atoms with E-state index in [1.807, 2.05) is 164 Å². The van der Waals surface area contributed by atoms with Crippen molar-refractivity contribution in [3.63, 3.8) is 0 Å². The fourth-order valence-corrected chi connectivity index (χ4v) is 19.1. The Morgan fingerprint density at radius 3 is 1.04 bits per heavy atom. The van der Waals surface area contributed by atoms with Gasteiger partial charge in [0.05, 0.1) is 54.6 Å². The normalized spacial score (nSPS) is 28.9.